The number of hydrogen-bond acceptors (Lipinski definition) is 2. The van der Waals surface area contributed by atoms with Crippen LogP contribution < -0.4 is 0 Å². The molecule has 0 amide bonds. The van der Waals surface area contributed by atoms with E-state index in [1.165, 1.54) is 0 Å². The van der Waals surface area contributed by atoms with Gasteiger partial charge in [0.25, 0.3) is 0 Å². The lowest BCUT2D eigenvalue weighted by Crippen LogP contribution is -2.29. The summed E-state index contributed by atoms with van der Waals surface area (Å²) in [5, 5.41) is 18.6. The molecule has 0 saturated carbocycles. The first-order chi connectivity index (χ1) is 4.63. The Labute approximate surface area is 64.4 Å². The first kappa shape index (κ1) is 7.79. The third kappa shape index (κ3) is 1.24. The minimum atomic E-state index is -0.938. The average Bonchev–Trinajstić information content (AvgIpc) is 1.93. The van der Waals surface area contributed by atoms with Crippen molar-refractivity contribution in [3.8, 4) is 0 Å². The normalized spacial score (nSPS) is 33.2. The van der Waals surface area contributed by atoms with Crippen LogP contribution in [0.2, 0.25) is 0 Å². The SMILES string of the molecule is CC1=CC=C(Cl)C(O)C1O. The fraction of sp³-hybridized carbons (Fsp3) is 0.429. The highest BCUT2D eigenvalue weighted by Crippen LogP contribution is 2.21. The van der Waals surface area contributed by atoms with E-state index in [0.29, 0.717) is 0 Å². The lowest BCUT2D eigenvalue weighted by atomic mass is 10.0. The minimum absolute atomic E-state index is 0.290. The topological polar surface area (TPSA) is 40.5 Å². The Hall–Kier alpha value is -0.310. The summed E-state index contributed by atoms with van der Waals surface area (Å²) < 4.78 is 0. The van der Waals surface area contributed by atoms with Gasteiger partial charge < -0.3 is 10.2 Å². The van der Waals surface area contributed by atoms with E-state index in [1.54, 1.807) is 19.1 Å². The van der Waals surface area contributed by atoms with Crippen LogP contribution in [0.1, 0.15) is 6.92 Å². The molecule has 0 saturated heterocycles. The Kier molecular flexibility index (Phi) is 2.14. The molecular weight excluding hydrogens is 152 g/mol. The van der Waals surface area contributed by atoms with E-state index in [1.807, 2.05) is 0 Å². The Bertz CT molecular complexity index is 174. The molecule has 1 rings (SSSR count). The molecule has 10 heavy (non-hydrogen) atoms. The molecule has 0 spiro atoms. The van der Waals surface area contributed by atoms with Crippen molar-refractivity contribution in [3.63, 3.8) is 0 Å². The van der Waals surface area contributed by atoms with Gasteiger partial charge in [0.1, 0.15) is 12.2 Å². The molecule has 0 aromatic rings. The van der Waals surface area contributed by atoms with Gasteiger partial charge in [-0.2, -0.15) is 0 Å². The number of allylic oxidation sites excluding steroid dienone is 2. The van der Waals surface area contributed by atoms with Crippen molar-refractivity contribution in [3.05, 3.63) is 22.8 Å². The summed E-state index contributed by atoms with van der Waals surface area (Å²) >= 11 is 5.53. The Morgan fingerprint density at radius 3 is 2.40 bits per heavy atom. The van der Waals surface area contributed by atoms with E-state index in [0.717, 1.165) is 5.57 Å². The fourth-order valence-electron chi connectivity index (χ4n) is 0.808. The van der Waals surface area contributed by atoms with Gasteiger partial charge >= 0.3 is 0 Å². The van der Waals surface area contributed by atoms with Crippen LogP contribution in [0.5, 0.6) is 0 Å². The smallest absolute Gasteiger partial charge is 0.119 e. The van der Waals surface area contributed by atoms with Crippen molar-refractivity contribution >= 4 is 11.6 Å². The van der Waals surface area contributed by atoms with Crippen LogP contribution in [0.25, 0.3) is 0 Å². The molecule has 1 aliphatic rings. The van der Waals surface area contributed by atoms with Crippen molar-refractivity contribution in [2.75, 3.05) is 0 Å². The Morgan fingerprint density at radius 1 is 1.30 bits per heavy atom. The predicted octanol–water partition coefficient (Wildman–Crippen LogP) is 0.791. The lowest BCUT2D eigenvalue weighted by Gasteiger charge is -2.20. The van der Waals surface area contributed by atoms with E-state index in [-0.39, 0.29) is 5.03 Å². The van der Waals surface area contributed by atoms with Crippen molar-refractivity contribution in [2.45, 2.75) is 19.1 Å². The summed E-state index contributed by atoms with van der Waals surface area (Å²) in [5.74, 6) is 0. The highest BCUT2D eigenvalue weighted by Gasteiger charge is 2.22. The van der Waals surface area contributed by atoms with E-state index < -0.39 is 12.2 Å². The molecule has 56 valence electrons. The summed E-state index contributed by atoms with van der Waals surface area (Å²) in [6.45, 7) is 1.74. The quantitative estimate of drug-likeness (QED) is 0.550. The van der Waals surface area contributed by atoms with Crippen LogP contribution in [-0.2, 0) is 0 Å². The summed E-state index contributed by atoms with van der Waals surface area (Å²) in [4.78, 5) is 0. The third-order valence-electron chi connectivity index (χ3n) is 1.55. The second kappa shape index (κ2) is 2.74. The molecule has 0 aromatic heterocycles. The van der Waals surface area contributed by atoms with Crippen LogP contribution in [-0.4, -0.2) is 22.4 Å². The molecule has 0 radical (unpaired) electrons. The largest absolute Gasteiger partial charge is 0.386 e. The van der Waals surface area contributed by atoms with E-state index in [4.69, 9.17) is 16.7 Å². The first-order valence-electron chi connectivity index (χ1n) is 3.03. The molecule has 2 unspecified atom stereocenters. The number of rotatable bonds is 0. The van der Waals surface area contributed by atoms with Gasteiger partial charge in [0, 0.05) is 5.03 Å². The molecule has 3 heteroatoms. The zero-order valence-electron chi connectivity index (χ0n) is 5.58. The van der Waals surface area contributed by atoms with Crippen LogP contribution in [0, 0.1) is 0 Å². The minimum Gasteiger partial charge on any atom is -0.386 e. The molecule has 0 aliphatic heterocycles. The zero-order chi connectivity index (χ0) is 7.72. The second-order valence-corrected chi connectivity index (χ2v) is 2.79. The van der Waals surface area contributed by atoms with Gasteiger partial charge in [0.15, 0.2) is 0 Å². The number of hydrogen-bond donors (Lipinski definition) is 2. The van der Waals surface area contributed by atoms with Crippen LogP contribution in [0.3, 0.4) is 0 Å². The molecular formula is C7H9ClO2. The molecule has 0 bridgehead atoms. The molecule has 2 atom stereocenters. The van der Waals surface area contributed by atoms with Gasteiger partial charge in [-0.1, -0.05) is 17.7 Å². The molecule has 1 aliphatic carbocycles. The van der Waals surface area contributed by atoms with Crippen LogP contribution in [0.15, 0.2) is 22.8 Å². The van der Waals surface area contributed by atoms with E-state index in [2.05, 4.69) is 0 Å². The Morgan fingerprint density at radius 2 is 1.90 bits per heavy atom. The van der Waals surface area contributed by atoms with Crippen LogP contribution >= 0.6 is 11.6 Å². The predicted molar refractivity (Wildman–Crippen MR) is 39.7 cm³/mol. The van der Waals surface area contributed by atoms with Gasteiger partial charge in [0.05, 0.1) is 0 Å². The number of aliphatic hydroxyl groups is 2. The maximum Gasteiger partial charge on any atom is 0.119 e. The molecule has 0 fully saturated rings. The average molecular weight is 161 g/mol. The standard InChI is InChI=1S/C7H9ClO2/c1-4-2-3-5(8)7(10)6(4)9/h2-3,6-7,9-10H,1H3. The van der Waals surface area contributed by atoms with Crippen LogP contribution in [0.4, 0.5) is 0 Å². The summed E-state index contributed by atoms with van der Waals surface area (Å²) in [6, 6.07) is 0. The van der Waals surface area contributed by atoms with E-state index >= 15 is 0 Å². The van der Waals surface area contributed by atoms with Gasteiger partial charge in [-0.05, 0) is 18.6 Å². The summed E-state index contributed by atoms with van der Waals surface area (Å²) in [6.07, 6.45) is 1.51. The first-order valence-corrected chi connectivity index (χ1v) is 3.40. The Balaban J connectivity index is 2.86. The molecule has 0 aromatic carbocycles. The van der Waals surface area contributed by atoms with E-state index in [9.17, 15) is 5.11 Å². The zero-order valence-corrected chi connectivity index (χ0v) is 6.34. The van der Waals surface area contributed by atoms with Gasteiger partial charge in [-0.3, -0.25) is 0 Å². The van der Waals surface area contributed by atoms with Gasteiger partial charge in [-0.15, -0.1) is 0 Å². The molecule has 0 heterocycles. The summed E-state index contributed by atoms with van der Waals surface area (Å²) in [7, 11) is 0. The second-order valence-electron chi connectivity index (χ2n) is 2.35. The molecule has 2 N–H and O–H groups in total. The van der Waals surface area contributed by atoms with Gasteiger partial charge in [-0.25, -0.2) is 0 Å². The van der Waals surface area contributed by atoms with Crippen molar-refractivity contribution in [1.82, 2.24) is 0 Å². The lowest BCUT2D eigenvalue weighted by molar-refractivity contribution is 0.0686. The monoisotopic (exact) mass is 160 g/mol. The third-order valence-corrected chi connectivity index (χ3v) is 1.90. The van der Waals surface area contributed by atoms with Gasteiger partial charge in [0.2, 0.25) is 0 Å². The van der Waals surface area contributed by atoms with Crippen molar-refractivity contribution in [1.29, 1.82) is 0 Å². The number of aliphatic hydroxyl groups excluding tert-OH is 2. The maximum atomic E-state index is 9.17. The highest BCUT2D eigenvalue weighted by molar-refractivity contribution is 6.30. The summed E-state index contributed by atoms with van der Waals surface area (Å²) in [5.41, 5.74) is 0.733. The van der Waals surface area contributed by atoms with Crippen molar-refractivity contribution < 1.29 is 10.2 Å². The molecule has 2 nitrogen and oxygen atoms in total. The fourth-order valence-corrected chi connectivity index (χ4v) is 0.990. The van der Waals surface area contributed by atoms with Crippen molar-refractivity contribution in [2.24, 2.45) is 0 Å². The highest BCUT2D eigenvalue weighted by atomic mass is 35.5. The number of halogens is 1. The maximum absolute atomic E-state index is 9.17.